The maximum atomic E-state index is 10.8. The first-order chi connectivity index (χ1) is 9.31. The quantitative estimate of drug-likeness (QED) is 0.476. The molecular weight excluding hydrogens is 240 g/mol. The molecule has 2 aromatic rings. The molecular formula is C15H18N2O2. The third-order valence-corrected chi connectivity index (χ3v) is 3.20. The highest BCUT2D eigenvalue weighted by Crippen LogP contribution is 2.18. The van der Waals surface area contributed by atoms with Crippen LogP contribution in [-0.2, 0) is 11.2 Å². The number of benzene rings is 1. The van der Waals surface area contributed by atoms with Gasteiger partial charge in [0.1, 0.15) is 0 Å². The Morgan fingerprint density at radius 1 is 1.16 bits per heavy atom. The first-order valence-corrected chi connectivity index (χ1v) is 6.57. The minimum absolute atomic E-state index is 0.316. The number of carbonyl (C=O) groups is 1. The summed E-state index contributed by atoms with van der Waals surface area (Å²) in [5, 5.41) is 10.8. The second-order valence-corrected chi connectivity index (χ2v) is 4.57. The molecule has 0 saturated heterocycles. The number of rotatable bonds is 6. The van der Waals surface area contributed by atoms with Gasteiger partial charge < -0.3 is 0 Å². The first-order valence-electron chi connectivity index (χ1n) is 6.57. The largest absolute Gasteiger partial charge is 0.289 e. The first kappa shape index (κ1) is 13.5. The number of carbonyl (C=O) groups excluding carboxylic acids is 1. The van der Waals surface area contributed by atoms with Crippen molar-refractivity contribution >= 4 is 16.7 Å². The summed E-state index contributed by atoms with van der Waals surface area (Å²) in [4.78, 5) is 15.3. The third kappa shape index (κ3) is 3.76. The number of unbranched alkanes of at least 4 members (excludes halogenated alkanes) is 2. The van der Waals surface area contributed by atoms with Gasteiger partial charge in [-0.1, -0.05) is 30.7 Å². The number of pyridine rings is 1. The molecule has 0 spiro atoms. The number of nitrogens with one attached hydrogen (secondary N) is 1. The van der Waals surface area contributed by atoms with Crippen LogP contribution in [0.4, 0.5) is 0 Å². The number of hydroxylamine groups is 1. The van der Waals surface area contributed by atoms with Gasteiger partial charge in [-0.2, -0.15) is 0 Å². The molecule has 0 aliphatic carbocycles. The van der Waals surface area contributed by atoms with Gasteiger partial charge in [0.2, 0.25) is 5.91 Å². The summed E-state index contributed by atoms with van der Waals surface area (Å²) in [5.41, 5.74) is 2.76. The lowest BCUT2D eigenvalue weighted by molar-refractivity contribution is -0.129. The number of hydrogen-bond acceptors (Lipinski definition) is 3. The molecule has 4 heteroatoms. The Balaban J connectivity index is 1.86. The van der Waals surface area contributed by atoms with Gasteiger partial charge in [0.15, 0.2) is 0 Å². The second kappa shape index (κ2) is 6.85. The van der Waals surface area contributed by atoms with E-state index in [9.17, 15) is 4.79 Å². The van der Waals surface area contributed by atoms with Crippen molar-refractivity contribution in [3.8, 4) is 0 Å². The normalized spacial score (nSPS) is 10.6. The van der Waals surface area contributed by atoms with E-state index >= 15 is 0 Å². The van der Waals surface area contributed by atoms with E-state index in [1.165, 1.54) is 10.8 Å². The standard InChI is InChI=1S/C15H18N2O2/c18-15(17-19)9-3-1-2-8-14-13-7-5-4-6-12(13)10-11-16-14/h4-7,10-11,19H,1-3,8-9H2,(H,17,18). The van der Waals surface area contributed by atoms with Crippen LogP contribution in [0.25, 0.3) is 10.8 Å². The van der Waals surface area contributed by atoms with E-state index in [4.69, 9.17) is 5.21 Å². The monoisotopic (exact) mass is 258 g/mol. The Morgan fingerprint density at radius 2 is 2.00 bits per heavy atom. The van der Waals surface area contributed by atoms with Crippen LogP contribution in [0.15, 0.2) is 36.5 Å². The molecule has 0 saturated carbocycles. The molecule has 0 unspecified atom stereocenters. The minimum atomic E-state index is -0.316. The molecule has 0 aliphatic heterocycles. The van der Waals surface area contributed by atoms with Crippen LogP contribution in [0, 0.1) is 0 Å². The van der Waals surface area contributed by atoms with Gasteiger partial charge in [0.25, 0.3) is 0 Å². The molecule has 0 fully saturated rings. The summed E-state index contributed by atoms with van der Waals surface area (Å²) < 4.78 is 0. The van der Waals surface area contributed by atoms with Crippen molar-refractivity contribution < 1.29 is 10.0 Å². The van der Waals surface area contributed by atoms with Crippen molar-refractivity contribution in [2.24, 2.45) is 0 Å². The Bertz CT molecular complexity index is 549. The number of fused-ring (bicyclic) bond motifs is 1. The van der Waals surface area contributed by atoms with E-state index in [2.05, 4.69) is 17.1 Å². The zero-order valence-corrected chi connectivity index (χ0v) is 10.8. The van der Waals surface area contributed by atoms with Crippen molar-refractivity contribution in [1.29, 1.82) is 0 Å². The van der Waals surface area contributed by atoms with E-state index in [0.29, 0.717) is 6.42 Å². The second-order valence-electron chi connectivity index (χ2n) is 4.57. The smallest absolute Gasteiger partial charge is 0.243 e. The highest BCUT2D eigenvalue weighted by molar-refractivity contribution is 5.84. The molecule has 1 amide bonds. The molecule has 1 heterocycles. The fourth-order valence-electron chi connectivity index (χ4n) is 2.19. The molecule has 4 nitrogen and oxygen atoms in total. The highest BCUT2D eigenvalue weighted by Gasteiger charge is 2.02. The van der Waals surface area contributed by atoms with Gasteiger partial charge in [-0.15, -0.1) is 0 Å². The number of nitrogens with zero attached hydrogens (tertiary/aromatic N) is 1. The van der Waals surface area contributed by atoms with Crippen LogP contribution in [-0.4, -0.2) is 16.1 Å². The van der Waals surface area contributed by atoms with Gasteiger partial charge in [0, 0.05) is 23.7 Å². The average Bonchev–Trinajstić information content (AvgIpc) is 2.46. The molecule has 0 atom stereocenters. The predicted octanol–water partition coefficient (Wildman–Crippen LogP) is 2.84. The molecule has 1 aromatic heterocycles. The maximum Gasteiger partial charge on any atom is 0.243 e. The molecule has 1 aromatic carbocycles. The summed E-state index contributed by atoms with van der Waals surface area (Å²) in [6.07, 6.45) is 5.88. The summed E-state index contributed by atoms with van der Waals surface area (Å²) in [5.74, 6) is -0.316. The lowest BCUT2D eigenvalue weighted by Crippen LogP contribution is -2.17. The van der Waals surface area contributed by atoms with Crippen LogP contribution >= 0.6 is 0 Å². The predicted molar refractivity (Wildman–Crippen MR) is 73.8 cm³/mol. The summed E-state index contributed by atoms with van der Waals surface area (Å²) in [6.45, 7) is 0. The summed E-state index contributed by atoms with van der Waals surface area (Å²) in [6, 6.07) is 10.3. The number of aryl methyl sites for hydroxylation is 1. The van der Waals surface area contributed by atoms with E-state index in [0.717, 1.165) is 31.4 Å². The van der Waals surface area contributed by atoms with Gasteiger partial charge in [-0.3, -0.25) is 15.0 Å². The Labute approximate surface area is 112 Å². The van der Waals surface area contributed by atoms with Crippen LogP contribution in [0.5, 0.6) is 0 Å². The third-order valence-electron chi connectivity index (χ3n) is 3.20. The summed E-state index contributed by atoms with van der Waals surface area (Å²) >= 11 is 0. The average molecular weight is 258 g/mol. The zero-order valence-electron chi connectivity index (χ0n) is 10.8. The van der Waals surface area contributed by atoms with E-state index in [-0.39, 0.29) is 5.91 Å². The maximum absolute atomic E-state index is 10.8. The van der Waals surface area contributed by atoms with Gasteiger partial charge in [0.05, 0.1) is 0 Å². The molecule has 100 valence electrons. The lowest BCUT2D eigenvalue weighted by atomic mass is 10.0. The number of amides is 1. The number of hydrogen-bond donors (Lipinski definition) is 2. The van der Waals surface area contributed by atoms with Crippen LogP contribution < -0.4 is 5.48 Å². The fraction of sp³-hybridized carbons (Fsp3) is 0.333. The molecule has 0 radical (unpaired) electrons. The van der Waals surface area contributed by atoms with Gasteiger partial charge in [-0.05, 0) is 30.7 Å². The van der Waals surface area contributed by atoms with E-state index in [1.54, 1.807) is 5.48 Å². The topological polar surface area (TPSA) is 62.2 Å². The highest BCUT2D eigenvalue weighted by atomic mass is 16.5. The van der Waals surface area contributed by atoms with E-state index < -0.39 is 0 Å². The van der Waals surface area contributed by atoms with Crippen molar-refractivity contribution in [3.63, 3.8) is 0 Å². The van der Waals surface area contributed by atoms with Gasteiger partial charge in [-0.25, -0.2) is 5.48 Å². The van der Waals surface area contributed by atoms with Crippen LogP contribution in [0.1, 0.15) is 31.4 Å². The Hall–Kier alpha value is -1.94. The molecule has 0 bridgehead atoms. The lowest BCUT2D eigenvalue weighted by Gasteiger charge is -2.05. The number of aromatic nitrogens is 1. The minimum Gasteiger partial charge on any atom is -0.289 e. The summed E-state index contributed by atoms with van der Waals surface area (Å²) in [7, 11) is 0. The Morgan fingerprint density at radius 3 is 2.84 bits per heavy atom. The van der Waals surface area contributed by atoms with E-state index in [1.807, 2.05) is 24.4 Å². The van der Waals surface area contributed by atoms with Crippen LogP contribution in [0.2, 0.25) is 0 Å². The molecule has 2 N–H and O–H groups in total. The van der Waals surface area contributed by atoms with Crippen molar-refractivity contribution in [2.75, 3.05) is 0 Å². The van der Waals surface area contributed by atoms with Crippen molar-refractivity contribution in [3.05, 3.63) is 42.2 Å². The SMILES string of the molecule is O=C(CCCCCc1nccc2ccccc12)NO. The molecule has 19 heavy (non-hydrogen) atoms. The molecule has 0 aliphatic rings. The van der Waals surface area contributed by atoms with Crippen molar-refractivity contribution in [2.45, 2.75) is 32.1 Å². The zero-order chi connectivity index (χ0) is 13.5. The van der Waals surface area contributed by atoms with Crippen molar-refractivity contribution in [1.82, 2.24) is 10.5 Å². The molecule has 2 rings (SSSR count). The fourth-order valence-corrected chi connectivity index (χ4v) is 2.19. The van der Waals surface area contributed by atoms with Crippen LogP contribution in [0.3, 0.4) is 0 Å². The van der Waals surface area contributed by atoms with Gasteiger partial charge >= 0.3 is 0 Å². The Kier molecular flexibility index (Phi) is 4.86.